The van der Waals surface area contributed by atoms with Crippen LogP contribution in [0.25, 0.3) is 0 Å². The number of hydrogen-bond acceptors (Lipinski definition) is 1. The summed E-state index contributed by atoms with van der Waals surface area (Å²) in [5.41, 5.74) is 2.26. The monoisotopic (exact) mass is 371 g/mol. The summed E-state index contributed by atoms with van der Waals surface area (Å²) in [6.45, 7) is 3.08. The maximum Gasteiger partial charge on any atom is 0.0578 e. The van der Waals surface area contributed by atoms with E-state index in [1.807, 2.05) is 30.3 Å². The zero-order valence-electron chi connectivity index (χ0n) is 11.2. The van der Waals surface area contributed by atoms with Crippen molar-refractivity contribution >= 4 is 39.1 Å². The van der Waals surface area contributed by atoms with E-state index in [1.54, 1.807) is 0 Å². The Morgan fingerprint density at radius 1 is 1.05 bits per heavy atom. The van der Waals surface area contributed by atoms with Crippen molar-refractivity contribution in [2.75, 3.05) is 6.54 Å². The SMILES string of the molecule is CCCNC(c1cccc(Cl)c1)c1cc(Cl)cc(Br)c1. The molecule has 2 aromatic carbocycles. The van der Waals surface area contributed by atoms with Crippen molar-refractivity contribution < 1.29 is 0 Å². The summed E-state index contributed by atoms with van der Waals surface area (Å²) in [6.07, 6.45) is 1.07. The first-order chi connectivity index (χ1) is 9.60. The molecule has 0 heterocycles. The van der Waals surface area contributed by atoms with Crippen LogP contribution in [0, 0.1) is 0 Å². The van der Waals surface area contributed by atoms with Gasteiger partial charge in [-0.15, -0.1) is 0 Å². The Balaban J connectivity index is 2.41. The molecule has 0 aromatic heterocycles. The van der Waals surface area contributed by atoms with Gasteiger partial charge < -0.3 is 5.32 Å². The number of nitrogens with one attached hydrogen (secondary N) is 1. The van der Waals surface area contributed by atoms with Crippen LogP contribution >= 0.6 is 39.1 Å². The smallest absolute Gasteiger partial charge is 0.0578 e. The molecular weight excluding hydrogens is 357 g/mol. The number of benzene rings is 2. The second-order valence-corrected chi connectivity index (χ2v) is 6.43. The summed E-state index contributed by atoms with van der Waals surface area (Å²) < 4.78 is 0.977. The Bertz CT molecular complexity index is 566. The zero-order chi connectivity index (χ0) is 14.5. The van der Waals surface area contributed by atoms with Crippen molar-refractivity contribution in [3.05, 3.63) is 68.1 Å². The van der Waals surface area contributed by atoms with E-state index in [4.69, 9.17) is 23.2 Å². The Morgan fingerprint density at radius 3 is 2.45 bits per heavy atom. The summed E-state index contributed by atoms with van der Waals surface area (Å²) in [5.74, 6) is 0. The molecule has 1 atom stereocenters. The summed E-state index contributed by atoms with van der Waals surface area (Å²) >= 11 is 15.8. The lowest BCUT2D eigenvalue weighted by atomic mass is 9.98. The third-order valence-corrected chi connectivity index (χ3v) is 3.91. The molecule has 20 heavy (non-hydrogen) atoms. The quantitative estimate of drug-likeness (QED) is 0.694. The Morgan fingerprint density at radius 2 is 1.80 bits per heavy atom. The first kappa shape index (κ1) is 15.8. The lowest BCUT2D eigenvalue weighted by Gasteiger charge is -2.20. The fourth-order valence-electron chi connectivity index (χ4n) is 2.14. The highest BCUT2D eigenvalue weighted by atomic mass is 79.9. The van der Waals surface area contributed by atoms with Crippen molar-refractivity contribution in [3.8, 4) is 0 Å². The lowest BCUT2D eigenvalue weighted by Crippen LogP contribution is -2.23. The number of halogens is 3. The van der Waals surface area contributed by atoms with E-state index in [0.29, 0.717) is 0 Å². The minimum atomic E-state index is 0.0867. The molecule has 0 radical (unpaired) electrons. The second-order valence-electron chi connectivity index (χ2n) is 4.64. The normalized spacial score (nSPS) is 12.4. The van der Waals surface area contributed by atoms with Gasteiger partial charge in [-0.2, -0.15) is 0 Å². The van der Waals surface area contributed by atoms with Crippen LogP contribution < -0.4 is 5.32 Å². The summed E-state index contributed by atoms with van der Waals surface area (Å²) in [4.78, 5) is 0. The van der Waals surface area contributed by atoms with E-state index in [0.717, 1.165) is 38.6 Å². The Hall–Kier alpha value is -0.540. The van der Waals surface area contributed by atoms with Crippen molar-refractivity contribution in [2.45, 2.75) is 19.4 Å². The number of hydrogen-bond donors (Lipinski definition) is 1. The van der Waals surface area contributed by atoms with E-state index in [2.05, 4.69) is 40.3 Å². The highest BCUT2D eigenvalue weighted by molar-refractivity contribution is 9.10. The van der Waals surface area contributed by atoms with Gasteiger partial charge in [-0.25, -0.2) is 0 Å². The van der Waals surface area contributed by atoms with Gasteiger partial charge in [0.2, 0.25) is 0 Å². The van der Waals surface area contributed by atoms with E-state index in [-0.39, 0.29) is 6.04 Å². The lowest BCUT2D eigenvalue weighted by molar-refractivity contribution is 0.598. The molecule has 1 nitrogen and oxygen atoms in total. The summed E-state index contributed by atoms with van der Waals surface area (Å²) in [7, 11) is 0. The summed E-state index contributed by atoms with van der Waals surface area (Å²) in [5, 5.41) is 5.01. The molecule has 106 valence electrons. The molecule has 0 fully saturated rings. The third-order valence-electron chi connectivity index (χ3n) is 3.00. The molecule has 0 aliphatic carbocycles. The van der Waals surface area contributed by atoms with Crippen LogP contribution in [0.3, 0.4) is 0 Å². The van der Waals surface area contributed by atoms with Gasteiger partial charge in [0.1, 0.15) is 0 Å². The van der Waals surface area contributed by atoms with E-state index in [1.165, 1.54) is 0 Å². The molecule has 0 saturated carbocycles. The first-order valence-corrected chi connectivity index (χ1v) is 8.10. The van der Waals surface area contributed by atoms with Crippen LogP contribution in [0.15, 0.2) is 46.9 Å². The van der Waals surface area contributed by atoms with Crippen molar-refractivity contribution in [1.82, 2.24) is 5.32 Å². The highest BCUT2D eigenvalue weighted by Crippen LogP contribution is 2.29. The van der Waals surface area contributed by atoms with Gasteiger partial charge in [-0.3, -0.25) is 0 Å². The van der Waals surface area contributed by atoms with Crippen LogP contribution in [0.2, 0.25) is 10.0 Å². The van der Waals surface area contributed by atoms with Crippen LogP contribution in [-0.2, 0) is 0 Å². The van der Waals surface area contributed by atoms with Crippen molar-refractivity contribution in [2.24, 2.45) is 0 Å². The molecule has 0 spiro atoms. The molecule has 0 bridgehead atoms. The standard InChI is InChI=1S/C16H16BrCl2N/c1-2-6-20-16(11-4-3-5-14(18)8-11)12-7-13(17)10-15(19)9-12/h3-5,7-10,16,20H,2,6H2,1H3. The molecule has 2 aromatic rings. The minimum absolute atomic E-state index is 0.0867. The largest absolute Gasteiger partial charge is 0.306 e. The zero-order valence-corrected chi connectivity index (χ0v) is 14.3. The Labute approximate surface area is 138 Å². The average Bonchev–Trinajstić information content (AvgIpc) is 2.38. The molecule has 0 aliphatic heterocycles. The molecule has 0 aliphatic rings. The van der Waals surface area contributed by atoms with Crippen LogP contribution in [0.5, 0.6) is 0 Å². The number of rotatable bonds is 5. The molecular formula is C16H16BrCl2N. The Kier molecular flexibility index (Phi) is 5.91. The summed E-state index contributed by atoms with van der Waals surface area (Å²) in [6, 6.07) is 14.0. The maximum atomic E-state index is 6.16. The second kappa shape index (κ2) is 7.46. The van der Waals surface area contributed by atoms with Gasteiger partial charge in [-0.05, 0) is 54.4 Å². The van der Waals surface area contributed by atoms with E-state index < -0.39 is 0 Å². The van der Waals surface area contributed by atoms with Crippen molar-refractivity contribution in [1.29, 1.82) is 0 Å². The molecule has 1 N–H and O–H groups in total. The van der Waals surface area contributed by atoms with E-state index in [9.17, 15) is 0 Å². The fourth-order valence-corrected chi connectivity index (χ4v) is 3.23. The molecule has 0 amide bonds. The third kappa shape index (κ3) is 4.23. The molecule has 2 rings (SSSR count). The van der Waals surface area contributed by atoms with Gasteiger partial charge in [0.05, 0.1) is 6.04 Å². The van der Waals surface area contributed by atoms with Gasteiger partial charge >= 0.3 is 0 Å². The fraction of sp³-hybridized carbons (Fsp3) is 0.250. The minimum Gasteiger partial charge on any atom is -0.306 e. The predicted molar refractivity (Wildman–Crippen MR) is 90.7 cm³/mol. The van der Waals surface area contributed by atoms with E-state index >= 15 is 0 Å². The maximum absolute atomic E-state index is 6.16. The average molecular weight is 373 g/mol. The predicted octanol–water partition coefficient (Wildman–Crippen LogP) is 5.84. The van der Waals surface area contributed by atoms with Gasteiger partial charge in [0.25, 0.3) is 0 Å². The molecule has 1 unspecified atom stereocenters. The van der Waals surface area contributed by atoms with Gasteiger partial charge in [-0.1, -0.05) is 58.2 Å². The topological polar surface area (TPSA) is 12.0 Å². The molecule has 4 heteroatoms. The van der Waals surface area contributed by atoms with Crippen molar-refractivity contribution in [3.63, 3.8) is 0 Å². The molecule has 0 saturated heterocycles. The highest BCUT2D eigenvalue weighted by Gasteiger charge is 2.14. The first-order valence-electron chi connectivity index (χ1n) is 6.55. The van der Waals surface area contributed by atoms with Gasteiger partial charge in [0, 0.05) is 14.5 Å². The van der Waals surface area contributed by atoms with Crippen LogP contribution in [-0.4, -0.2) is 6.54 Å². The van der Waals surface area contributed by atoms with Gasteiger partial charge in [0.15, 0.2) is 0 Å². The van der Waals surface area contributed by atoms with Crippen LogP contribution in [0.1, 0.15) is 30.5 Å². The van der Waals surface area contributed by atoms with Crippen LogP contribution in [0.4, 0.5) is 0 Å².